The van der Waals surface area contributed by atoms with Crippen molar-refractivity contribution in [1.29, 1.82) is 0 Å². The van der Waals surface area contributed by atoms with E-state index >= 15 is 0 Å². The van der Waals surface area contributed by atoms with E-state index in [2.05, 4.69) is 25.8 Å². The van der Waals surface area contributed by atoms with Gasteiger partial charge in [-0.1, -0.05) is 5.10 Å². The highest BCUT2D eigenvalue weighted by Crippen LogP contribution is 2.35. The van der Waals surface area contributed by atoms with Gasteiger partial charge in [0.05, 0.1) is 29.1 Å². The average Bonchev–Trinajstić information content (AvgIpc) is 3.30. The Balaban J connectivity index is 1.35. The smallest absolute Gasteiger partial charge is 0.419 e. The number of aliphatic carboxylic acids is 1. The van der Waals surface area contributed by atoms with Crippen LogP contribution in [0.5, 0.6) is 5.88 Å². The first-order valence-electron chi connectivity index (χ1n) is 10.8. The molecule has 0 unspecified atom stereocenters. The van der Waals surface area contributed by atoms with Crippen LogP contribution in [0.4, 0.5) is 39.3 Å². The number of rotatable bonds is 7. The third-order valence-corrected chi connectivity index (χ3v) is 5.53. The quantitative estimate of drug-likeness (QED) is 0.371. The lowest BCUT2D eigenvalue weighted by Crippen LogP contribution is -2.28. The van der Waals surface area contributed by atoms with Crippen molar-refractivity contribution < 1.29 is 45.8 Å². The first-order chi connectivity index (χ1) is 17.5. The molecule has 0 saturated heterocycles. The fourth-order valence-corrected chi connectivity index (χ4v) is 3.65. The Kier molecular flexibility index (Phi) is 7.22. The molecule has 2 aromatic heterocycles. The molecule has 0 aliphatic heterocycles. The highest BCUT2D eigenvalue weighted by Gasteiger charge is 2.35. The van der Waals surface area contributed by atoms with Gasteiger partial charge in [-0.2, -0.15) is 13.2 Å². The van der Waals surface area contributed by atoms with Gasteiger partial charge in [-0.25, -0.2) is 13.8 Å². The summed E-state index contributed by atoms with van der Waals surface area (Å²) in [6, 6.07) is 2.61. The monoisotopic (exact) mass is 527 g/mol. The van der Waals surface area contributed by atoms with Crippen molar-refractivity contribution in [3.63, 3.8) is 0 Å². The zero-order valence-electron chi connectivity index (χ0n) is 18.7. The van der Waals surface area contributed by atoms with Gasteiger partial charge in [0, 0.05) is 12.1 Å². The molecule has 3 aromatic rings. The van der Waals surface area contributed by atoms with E-state index in [1.807, 2.05) is 0 Å². The maximum atomic E-state index is 13.9. The molecule has 196 valence electrons. The summed E-state index contributed by atoms with van der Waals surface area (Å²) in [5.74, 6) is -5.55. The normalized spacial score (nSPS) is 17.8. The van der Waals surface area contributed by atoms with Crippen molar-refractivity contribution in [3.8, 4) is 5.88 Å². The Morgan fingerprint density at radius 3 is 2.41 bits per heavy atom. The predicted octanol–water partition coefficient (Wildman–Crippen LogP) is 4.78. The summed E-state index contributed by atoms with van der Waals surface area (Å²) in [6.45, 7) is 0. The highest BCUT2D eigenvalue weighted by atomic mass is 19.4. The summed E-state index contributed by atoms with van der Waals surface area (Å²) in [5, 5.41) is 20.4. The Hall–Kier alpha value is -4.30. The second-order valence-electron chi connectivity index (χ2n) is 8.12. The standard InChI is InChI=1S/C22H18F5N5O5/c23-14-8-15(24)16(7-13(14)22(25,26)27)30-21-32-31-19(37-21)18(33)29-11-3-6-17(28-9-11)36-12-4-1-10(2-5-12)20(34)35/h3,6-10,12H,1-2,4-5H2,(H,29,33)(H,30,32)(H,34,35). The van der Waals surface area contributed by atoms with Crippen LogP contribution in [-0.2, 0) is 11.0 Å². The van der Waals surface area contributed by atoms with E-state index < -0.39 is 52.8 Å². The number of halogens is 5. The number of hydrogen-bond donors (Lipinski definition) is 3. The first-order valence-corrected chi connectivity index (χ1v) is 10.8. The van der Waals surface area contributed by atoms with Crippen LogP contribution in [0.25, 0.3) is 0 Å². The van der Waals surface area contributed by atoms with Crippen LogP contribution in [0.3, 0.4) is 0 Å². The van der Waals surface area contributed by atoms with E-state index in [1.54, 1.807) is 0 Å². The lowest BCUT2D eigenvalue weighted by atomic mass is 9.87. The molecule has 0 spiro atoms. The molecule has 1 saturated carbocycles. The van der Waals surface area contributed by atoms with Crippen molar-refractivity contribution in [2.24, 2.45) is 5.92 Å². The summed E-state index contributed by atoms with van der Waals surface area (Å²) < 4.78 is 76.7. The van der Waals surface area contributed by atoms with E-state index in [1.165, 1.54) is 18.3 Å². The molecular formula is C22H18F5N5O5. The molecule has 0 atom stereocenters. The van der Waals surface area contributed by atoms with Crippen LogP contribution >= 0.6 is 0 Å². The molecule has 10 nitrogen and oxygen atoms in total. The number of hydrogen-bond acceptors (Lipinski definition) is 8. The number of carboxylic acids is 1. The minimum atomic E-state index is -5.07. The molecule has 37 heavy (non-hydrogen) atoms. The summed E-state index contributed by atoms with van der Waals surface area (Å²) in [7, 11) is 0. The number of carbonyl (C=O) groups excluding carboxylic acids is 1. The van der Waals surface area contributed by atoms with Gasteiger partial charge < -0.3 is 24.9 Å². The molecule has 0 bridgehead atoms. The van der Waals surface area contributed by atoms with E-state index in [0.29, 0.717) is 25.7 Å². The number of pyridine rings is 1. The third-order valence-electron chi connectivity index (χ3n) is 5.53. The van der Waals surface area contributed by atoms with Crippen LogP contribution in [-0.4, -0.2) is 38.3 Å². The molecule has 15 heteroatoms. The zero-order valence-corrected chi connectivity index (χ0v) is 18.7. The topological polar surface area (TPSA) is 139 Å². The summed E-state index contributed by atoms with van der Waals surface area (Å²) in [6.07, 6.45) is -1.79. The predicted molar refractivity (Wildman–Crippen MR) is 115 cm³/mol. The second-order valence-corrected chi connectivity index (χ2v) is 8.12. The van der Waals surface area contributed by atoms with Gasteiger partial charge in [-0.3, -0.25) is 9.59 Å². The SMILES string of the molecule is O=C(Nc1ccc(OC2CCC(C(=O)O)CC2)nc1)c1nnc(Nc2cc(C(F)(F)F)c(F)cc2F)o1. The molecule has 4 rings (SSSR count). The van der Waals surface area contributed by atoms with Gasteiger partial charge in [-0.15, -0.1) is 5.10 Å². The molecule has 1 amide bonds. The van der Waals surface area contributed by atoms with Crippen LogP contribution in [0.1, 0.15) is 41.9 Å². The molecule has 1 aliphatic rings. The fraction of sp³-hybridized carbons (Fsp3) is 0.318. The number of alkyl halides is 3. The molecule has 1 aromatic carbocycles. The number of nitrogens with zero attached hydrogens (tertiary/aromatic N) is 3. The van der Waals surface area contributed by atoms with E-state index in [-0.39, 0.29) is 35.7 Å². The molecule has 1 fully saturated rings. The summed E-state index contributed by atoms with van der Waals surface area (Å²) in [5.41, 5.74) is -2.28. The number of anilines is 3. The average molecular weight is 527 g/mol. The van der Waals surface area contributed by atoms with Crippen LogP contribution in [0, 0.1) is 17.6 Å². The lowest BCUT2D eigenvalue weighted by Gasteiger charge is -2.26. The third kappa shape index (κ3) is 6.29. The van der Waals surface area contributed by atoms with Gasteiger partial charge in [-0.05, 0) is 37.8 Å². The Morgan fingerprint density at radius 2 is 1.78 bits per heavy atom. The van der Waals surface area contributed by atoms with Gasteiger partial charge >= 0.3 is 30.0 Å². The maximum Gasteiger partial charge on any atom is 0.419 e. The number of carboxylic acid groups (broad SMARTS) is 1. The number of ether oxygens (including phenoxy) is 1. The van der Waals surface area contributed by atoms with E-state index in [4.69, 9.17) is 14.3 Å². The minimum absolute atomic E-state index is 0.0521. The van der Waals surface area contributed by atoms with Crippen molar-refractivity contribution >= 4 is 29.3 Å². The van der Waals surface area contributed by atoms with Crippen molar-refractivity contribution in [2.45, 2.75) is 38.0 Å². The molecule has 2 heterocycles. The zero-order chi connectivity index (χ0) is 26.7. The largest absolute Gasteiger partial charge is 0.481 e. The van der Waals surface area contributed by atoms with Crippen LogP contribution < -0.4 is 15.4 Å². The highest BCUT2D eigenvalue weighted by molar-refractivity contribution is 6.00. The Labute approximate surface area is 204 Å². The second kappa shape index (κ2) is 10.4. The fourth-order valence-electron chi connectivity index (χ4n) is 3.65. The Bertz CT molecular complexity index is 1290. The van der Waals surface area contributed by atoms with Gasteiger partial charge in [0.1, 0.15) is 17.7 Å². The van der Waals surface area contributed by atoms with E-state index in [9.17, 15) is 31.5 Å². The number of benzene rings is 1. The number of aromatic nitrogens is 3. The number of carbonyl (C=O) groups is 2. The summed E-state index contributed by atoms with van der Waals surface area (Å²) >= 11 is 0. The minimum Gasteiger partial charge on any atom is -0.481 e. The number of nitrogens with one attached hydrogen (secondary N) is 2. The van der Waals surface area contributed by atoms with E-state index in [0.717, 1.165) is 0 Å². The van der Waals surface area contributed by atoms with Gasteiger partial charge in [0.2, 0.25) is 5.88 Å². The Morgan fingerprint density at radius 1 is 1.05 bits per heavy atom. The van der Waals surface area contributed by atoms with Crippen molar-refractivity contribution in [1.82, 2.24) is 15.2 Å². The van der Waals surface area contributed by atoms with Gasteiger partial charge in [0.15, 0.2) is 0 Å². The molecule has 1 aliphatic carbocycles. The van der Waals surface area contributed by atoms with Crippen molar-refractivity contribution in [3.05, 3.63) is 53.6 Å². The van der Waals surface area contributed by atoms with Crippen LogP contribution in [0.2, 0.25) is 0 Å². The molecule has 0 radical (unpaired) electrons. The van der Waals surface area contributed by atoms with Gasteiger partial charge in [0.25, 0.3) is 0 Å². The summed E-state index contributed by atoms with van der Waals surface area (Å²) in [4.78, 5) is 27.5. The first kappa shape index (κ1) is 25.8. The van der Waals surface area contributed by atoms with Crippen molar-refractivity contribution in [2.75, 3.05) is 10.6 Å². The molecular weight excluding hydrogens is 509 g/mol. The maximum absolute atomic E-state index is 13.9. The number of amides is 1. The van der Waals surface area contributed by atoms with Crippen LogP contribution in [0.15, 0.2) is 34.9 Å². The molecule has 3 N–H and O–H groups in total. The lowest BCUT2D eigenvalue weighted by molar-refractivity contribution is -0.143.